The lowest BCUT2D eigenvalue weighted by atomic mass is 10.1. The highest BCUT2D eigenvalue weighted by molar-refractivity contribution is 5.67. The van der Waals surface area contributed by atoms with Gasteiger partial charge in [0.25, 0.3) is 0 Å². The number of carbonyl (C=O) groups is 1. The standard InChI is InChI=1S/C11H16N2O2/c1-9-3-2-4-10(7-9)8-15-11(14)13-6-5-12/h2-4,7H,5-6,8,12H2,1H3,(H,13,14). The van der Waals surface area contributed by atoms with E-state index in [-0.39, 0.29) is 6.61 Å². The van der Waals surface area contributed by atoms with Crippen LogP contribution in [-0.2, 0) is 11.3 Å². The van der Waals surface area contributed by atoms with E-state index in [1.54, 1.807) is 0 Å². The van der Waals surface area contributed by atoms with E-state index in [4.69, 9.17) is 10.5 Å². The van der Waals surface area contributed by atoms with Crippen LogP contribution in [0, 0.1) is 6.92 Å². The number of nitrogens with two attached hydrogens (primary N) is 1. The molecule has 0 unspecified atom stereocenters. The van der Waals surface area contributed by atoms with Gasteiger partial charge in [0.05, 0.1) is 0 Å². The molecule has 0 atom stereocenters. The lowest BCUT2D eigenvalue weighted by Crippen LogP contribution is -2.29. The summed E-state index contributed by atoms with van der Waals surface area (Å²) in [5.74, 6) is 0. The van der Waals surface area contributed by atoms with Crippen LogP contribution in [0.4, 0.5) is 4.79 Å². The highest BCUT2D eigenvalue weighted by Crippen LogP contribution is 2.05. The van der Waals surface area contributed by atoms with Gasteiger partial charge in [-0.15, -0.1) is 0 Å². The molecule has 4 nitrogen and oxygen atoms in total. The maximum absolute atomic E-state index is 11.1. The summed E-state index contributed by atoms with van der Waals surface area (Å²) in [4.78, 5) is 11.1. The highest BCUT2D eigenvalue weighted by atomic mass is 16.5. The molecule has 0 bridgehead atoms. The normalized spacial score (nSPS) is 9.73. The minimum absolute atomic E-state index is 0.290. The van der Waals surface area contributed by atoms with E-state index < -0.39 is 6.09 Å². The van der Waals surface area contributed by atoms with Crippen LogP contribution in [0.1, 0.15) is 11.1 Å². The van der Waals surface area contributed by atoms with Crippen molar-refractivity contribution in [3.63, 3.8) is 0 Å². The molecular weight excluding hydrogens is 192 g/mol. The van der Waals surface area contributed by atoms with Gasteiger partial charge < -0.3 is 15.8 Å². The lowest BCUT2D eigenvalue weighted by molar-refractivity contribution is 0.140. The van der Waals surface area contributed by atoms with Gasteiger partial charge in [-0.05, 0) is 12.5 Å². The Morgan fingerprint density at radius 2 is 2.33 bits per heavy atom. The number of hydrogen-bond acceptors (Lipinski definition) is 3. The van der Waals surface area contributed by atoms with E-state index in [0.29, 0.717) is 13.1 Å². The topological polar surface area (TPSA) is 64.3 Å². The number of amides is 1. The fourth-order valence-electron chi connectivity index (χ4n) is 1.18. The van der Waals surface area contributed by atoms with E-state index in [2.05, 4.69) is 5.32 Å². The van der Waals surface area contributed by atoms with Gasteiger partial charge in [-0.25, -0.2) is 4.79 Å². The van der Waals surface area contributed by atoms with E-state index >= 15 is 0 Å². The minimum Gasteiger partial charge on any atom is -0.445 e. The first-order valence-corrected chi connectivity index (χ1v) is 4.88. The van der Waals surface area contributed by atoms with E-state index in [1.807, 2.05) is 31.2 Å². The zero-order valence-corrected chi connectivity index (χ0v) is 8.82. The summed E-state index contributed by atoms with van der Waals surface area (Å²) in [6.45, 7) is 3.14. The Labute approximate surface area is 89.4 Å². The maximum Gasteiger partial charge on any atom is 0.407 e. The van der Waals surface area contributed by atoms with Crippen molar-refractivity contribution in [2.45, 2.75) is 13.5 Å². The average Bonchev–Trinajstić information content (AvgIpc) is 2.23. The van der Waals surface area contributed by atoms with Crippen molar-refractivity contribution in [3.8, 4) is 0 Å². The number of rotatable bonds is 4. The molecule has 0 radical (unpaired) electrons. The van der Waals surface area contributed by atoms with Crippen molar-refractivity contribution in [1.82, 2.24) is 5.32 Å². The zero-order chi connectivity index (χ0) is 11.1. The number of nitrogens with one attached hydrogen (secondary N) is 1. The van der Waals surface area contributed by atoms with Gasteiger partial charge in [0.1, 0.15) is 6.61 Å². The van der Waals surface area contributed by atoms with Crippen LogP contribution in [0.15, 0.2) is 24.3 Å². The van der Waals surface area contributed by atoms with Crippen LogP contribution in [0.5, 0.6) is 0 Å². The molecule has 15 heavy (non-hydrogen) atoms. The third-order valence-corrected chi connectivity index (χ3v) is 1.87. The van der Waals surface area contributed by atoms with Crippen molar-refractivity contribution in [2.24, 2.45) is 5.73 Å². The molecule has 1 amide bonds. The molecular formula is C11H16N2O2. The van der Waals surface area contributed by atoms with Gasteiger partial charge in [-0.3, -0.25) is 0 Å². The molecule has 0 spiro atoms. The monoisotopic (exact) mass is 208 g/mol. The van der Waals surface area contributed by atoms with Crippen LogP contribution in [-0.4, -0.2) is 19.2 Å². The number of ether oxygens (including phenoxy) is 1. The Hall–Kier alpha value is -1.55. The van der Waals surface area contributed by atoms with Crippen LogP contribution in [0.3, 0.4) is 0 Å². The summed E-state index contributed by atoms with van der Waals surface area (Å²) in [5, 5.41) is 2.53. The summed E-state index contributed by atoms with van der Waals surface area (Å²) < 4.78 is 4.98. The molecule has 3 N–H and O–H groups in total. The van der Waals surface area contributed by atoms with Crippen LogP contribution in [0.25, 0.3) is 0 Å². The number of carbonyl (C=O) groups excluding carboxylic acids is 1. The minimum atomic E-state index is -0.429. The van der Waals surface area contributed by atoms with Crippen molar-refractivity contribution in [3.05, 3.63) is 35.4 Å². The molecule has 0 saturated carbocycles. The fourth-order valence-corrected chi connectivity index (χ4v) is 1.18. The average molecular weight is 208 g/mol. The molecule has 1 aromatic rings. The van der Waals surface area contributed by atoms with E-state index in [0.717, 1.165) is 11.1 Å². The predicted octanol–water partition coefficient (Wildman–Crippen LogP) is 1.18. The van der Waals surface area contributed by atoms with Crippen molar-refractivity contribution in [1.29, 1.82) is 0 Å². The Morgan fingerprint density at radius 1 is 1.53 bits per heavy atom. The molecule has 0 heterocycles. The number of hydrogen-bond donors (Lipinski definition) is 2. The third-order valence-electron chi connectivity index (χ3n) is 1.87. The first-order valence-electron chi connectivity index (χ1n) is 4.88. The maximum atomic E-state index is 11.1. The molecule has 4 heteroatoms. The van der Waals surface area contributed by atoms with Gasteiger partial charge in [-0.2, -0.15) is 0 Å². The summed E-state index contributed by atoms with van der Waals surface area (Å²) >= 11 is 0. The van der Waals surface area contributed by atoms with Crippen molar-refractivity contribution in [2.75, 3.05) is 13.1 Å². The van der Waals surface area contributed by atoms with Gasteiger partial charge in [-0.1, -0.05) is 29.8 Å². The van der Waals surface area contributed by atoms with Crippen LogP contribution < -0.4 is 11.1 Å². The Balaban J connectivity index is 2.33. The first kappa shape index (κ1) is 11.5. The second kappa shape index (κ2) is 6.03. The molecule has 0 aromatic heterocycles. The second-order valence-corrected chi connectivity index (χ2v) is 3.28. The van der Waals surface area contributed by atoms with Gasteiger partial charge in [0.2, 0.25) is 0 Å². The molecule has 0 fully saturated rings. The Bertz CT molecular complexity index is 326. The first-order chi connectivity index (χ1) is 7.22. The molecule has 0 aliphatic rings. The smallest absolute Gasteiger partial charge is 0.407 e. The highest BCUT2D eigenvalue weighted by Gasteiger charge is 2.00. The van der Waals surface area contributed by atoms with Gasteiger partial charge >= 0.3 is 6.09 Å². The molecule has 1 aromatic carbocycles. The number of aryl methyl sites for hydroxylation is 1. The SMILES string of the molecule is Cc1cccc(COC(=O)NCCN)c1. The van der Waals surface area contributed by atoms with Crippen molar-refractivity contribution >= 4 is 6.09 Å². The lowest BCUT2D eigenvalue weighted by Gasteiger charge is -2.06. The second-order valence-electron chi connectivity index (χ2n) is 3.28. The zero-order valence-electron chi connectivity index (χ0n) is 8.82. The van der Waals surface area contributed by atoms with Gasteiger partial charge in [0, 0.05) is 13.1 Å². The number of alkyl carbamates (subject to hydrolysis) is 1. The summed E-state index contributed by atoms with van der Waals surface area (Å²) in [6, 6.07) is 7.84. The molecule has 0 saturated heterocycles. The van der Waals surface area contributed by atoms with Gasteiger partial charge in [0.15, 0.2) is 0 Å². The van der Waals surface area contributed by atoms with Crippen LogP contribution in [0.2, 0.25) is 0 Å². The largest absolute Gasteiger partial charge is 0.445 e. The quantitative estimate of drug-likeness (QED) is 0.781. The van der Waals surface area contributed by atoms with E-state index in [9.17, 15) is 4.79 Å². The molecule has 0 aliphatic carbocycles. The molecule has 82 valence electrons. The predicted molar refractivity (Wildman–Crippen MR) is 58.4 cm³/mol. The van der Waals surface area contributed by atoms with E-state index in [1.165, 1.54) is 0 Å². The van der Waals surface area contributed by atoms with Crippen molar-refractivity contribution < 1.29 is 9.53 Å². The summed E-state index contributed by atoms with van der Waals surface area (Å²) in [6.07, 6.45) is -0.429. The van der Waals surface area contributed by atoms with Crippen LogP contribution >= 0.6 is 0 Å². The summed E-state index contributed by atoms with van der Waals surface area (Å²) in [7, 11) is 0. The molecule has 0 aliphatic heterocycles. The summed E-state index contributed by atoms with van der Waals surface area (Å²) in [5.41, 5.74) is 7.37. The molecule has 1 rings (SSSR count). The number of benzene rings is 1. The third kappa shape index (κ3) is 4.46. The Morgan fingerprint density at radius 3 is 3.00 bits per heavy atom. The fraction of sp³-hybridized carbons (Fsp3) is 0.364. The Kier molecular flexibility index (Phi) is 4.63.